The largest absolute Gasteiger partial charge is 0.393 e. The Labute approximate surface area is 191 Å². The topological polar surface area (TPSA) is 32.3 Å². The quantitative estimate of drug-likeness (QED) is 0.235. The van der Waals surface area contributed by atoms with Crippen molar-refractivity contribution in [2.24, 2.45) is 0 Å². The molecule has 0 saturated carbocycles. The van der Waals surface area contributed by atoms with Gasteiger partial charge in [-0.2, -0.15) is 0 Å². The SMILES string of the molecule is CC(O)CCCCCCCCCCCCCCCc1ccc(Nc2ccccc2)cc1. The number of aliphatic hydroxyl groups is 1. The van der Waals surface area contributed by atoms with Gasteiger partial charge >= 0.3 is 0 Å². The molecule has 0 radical (unpaired) electrons. The lowest BCUT2D eigenvalue weighted by molar-refractivity contribution is 0.180. The highest BCUT2D eigenvalue weighted by Gasteiger charge is 1.98. The van der Waals surface area contributed by atoms with Crippen LogP contribution in [0.3, 0.4) is 0 Å². The lowest BCUT2D eigenvalue weighted by Gasteiger charge is -2.07. The molecule has 2 heteroatoms. The highest BCUT2D eigenvalue weighted by Crippen LogP contribution is 2.18. The third-order valence-electron chi connectivity index (χ3n) is 6.10. The minimum Gasteiger partial charge on any atom is -0.393 e. The van der Waals surface area contributed by atoms with Gasteiger partial charge in [-0.1, -0.05) is 107 Å². The van der Waals surface area contributed by atoms with E-state index in [0.29, 0.717) is 0 Å². The van der Waals surface area contributed by atoms with E-state index >= 15 is 0 Å². The Balaban J connectivity index is 1.37. The number of nitrogens with one attached hydrogen (secondary N) is 1. The van der Waals surface area contributed by atoms with Crippen LogP contribution >= 0.6 is 0 Å². The fraction of sp³-hybridized carbons (Fsp3) is 0.586. The molecule has 0 aliphatic carbocycles. The molecule has 0 aliphatic heterocycles. The standard InChI is InChI=1S/C29H45NO/c1-26(31)18-14-11-9-7-5-3-2-4-6-8-10-12-15-19-27-22-24-29(25-23-27)30-28-20-16-13-17-21-28/h13,16-17,20-26,30-31H,2-12,14-15,18-19H2,1H3. The Kier molecular flexibility index (Phi) is 13.8. The average Bonchev–Trinajstić information content (AvgIpc) is 2.78. The van der Waals surface area contributed by atoms with Gasteiger partial charge in [-0.05, 0) is 56.0 Å². The molecule has 172 valence electrons. The second-order valence-electron chi connectivity index (χ2n) is 9.17. The maximum Gasteiger partial charge on any atom is 0.0512 e. The maximum absolute atomic E-state index is 9.24. The molecule has 0 spiro atoms. The first kappa shape index (κ1) is 25.5. The van der Waals surface area contributed by atoms with E-state index in [1.165, 1.54) is 95.5 Å². The van der Waals surface area contributed by atoms with Crippen LogP contribution in [-0.2, 0) is 6.42 Å². The Morgan fingerprint density at radius 3 is 1.55 bits per heavy atom. The summed E-state index contributed by atoms with van der Waals surface area (Å²) in [5.41, 5.74) is 3.75. The molecule has 2 aromatic carbocycles. The predicted molar refractivity (Wildman–Crippen MR) is 136 cm³/mol. The zero-order valence-electron chi connectivity index (χ0n) is 19.8. The lowest BCUT2D eigenvalue weighted by atomic mass is 10.0. The first-order chi connectivity index (χ1) is 15.2. The van der Waals surface area contributed by atoms with Crippen molar-refractivity contribution in [2.45, 2.75) is 109 Å². The molecule has 1 atom stereocenters. The number of benzene rings is 2. The average molecular weight is 424 g/mol. The fourth-order valence-electron chi connectivity index (χ4n) is 4.16. The van der Waals surface area contributed by atoms with Gasteiger partial charge in [0.05, 0.1) is 6.10 Å². The Morgan fingerprint density at radius 1 is 0.581 bits per heavy atom. The van der Waals surface area contributed by atoms with E-state index in [9.17, 15) is 5.11 Å². The van der Waals surface area contributed by atoms with Gasteiger partial charge < -0.3 is 10.4 Å². The molecule has 1 unspecified atom stereocenters. The van der Waals surface area contributed by atoms with Crippen LogP contribution < -0.4 is 5.32 Å². The van der Waals surface area contributed by atoms with Crippen LogP contribution in [0.1, 0.15) is 102 Å². The first-order valence-electron chi connectivity index (χ1n) is 12.8. The summed E-state index contributed by atoms with van der Waals surface area (Å²) in [4.78, 5) is 0. The summed E-state index contributed by atoms with van der Waals surface area (Å²) in [5, 5.41) is 12.7. The Morgan fingerprint density at radius 2 is 1.03 bits per heavy atom. The van der Waals surface area contributed by atoms with Gasteiger partial charge in [0.15, 0.2) is 0 Å². The summed E-state index contributed by atoms with van der Waals surface area (Å²) < 4.78 is 0. The van der Waals surface area contributed by atoms with Crippen LogP contribution in [0.2, 0.25) is 0 Å². The molecule has 31 heavy (non-hydrogen) atoms. The van der Waals surface area contributed by atoms with Crippen LogP contribution in [0, 0.1) is 0 Å². The number of rotatable bonds is 18. The lowest BCUT2D eigenvalue weighted by Crippen LogP contribution is -1.98. The van der Waals surface area contributed by atoms with Crippen LogP contribution in [0.25, 0.3) is 0 Å². The van der Waals surface area contributed by atoms with Gasteiger partial charge in [-0.3, -0.25) is 0 Å². The number of unbranched alkanes of at least 4 members (excludes halogenated alkanes) is 12. The molecule has 2 aromatic rings. The summed E-state index contributed by atoms with van der Waals surface area (Å²) in [6.45, 7) is 1.89. The van der Waals surface area contributed by atoms with Crippen molar-refractivity contribution >= 4 is 11.4 Å². The van der Waals surface area contributed by atoms with E-state index in [1.54, 1.807) is 0 Å². The van der Waals surface area contributed by atoms with Crippen molar-refractivity contribution in [1.82, 2.24) is 0 Å². The van der Waals surface area contributed by atoms with Gasteiger partial charge in [0.1, 0.15) is 0 Å². The summed E-state index contributed by atoms with van der Waals surface area (Å²) in [7, 11) is 0. The van der Waals surface area contributed by atoms with Gasteiger partial charge in [0.2, 0.25) is 0 Å². The normalized spacial score (nSPS) is 12.1. The zero-order chi connectivity index (χ0) is 22.0. The minimum atomic E-state index is -0.116. The van der Waals surface area contributed by atoms with E-state index in [0.717, 1.165) is 17.8 Å². The molecule has 2 rings (SSSR count). The summed E-state index contributed by atoms with van der Waals surface area (Å²) in [6, 6.07) is 19.3. The van der Waals surface area contributed by atoms with Crippen molar-refractivity contribution in [2.75, 3.05) is 5.32 Å². The maximum atomic E-state index is 9.24. The van der Waals surface area contributed by atoms with Gasteiger partial charge in [0.25, 0.3) is 0 Å². The highest BCUT2D eigenvalue weighted by atomic mass is 16.3. The molecule has 2 N–H and O–H groups in total. The Hall–Kier alpha value is -1.80. The number of anilines is 2. The molecule has 0 bridgehead atoms. The predicted octanol–water partition coefficient (Wildman–Crippen LogP) is 8.81. The number of aryl methyl sites for hydroxylation is 1. The van der Waals surface area contributed by atoms with Gasteiger partial charge in [-0.15, -0.1) is 0 Å². The fourth-order valence-corrected chi connectivity index (χ4v) is 4.16. The van der Waals surface area contributed by atoms with Crippen molar-refractivity contribution < 1.29 is 5.11 Å². The molecule has 0 amide bonds. The second-order valence-corrected chi connectivity index (χ2v) is 9.17. The summed E-state index contributed by atoms with van der Waals surface area (Å²) >= 11 is 0. The van der Waals surface area contributed by atoms with E-state index in [-0.39, 0.29) is 6.10 Å². The van der Waals surface area contributed by atoms with E-state index < -0.39 is 0 Å². The van der Waals surface area contributed by atoms with Crippen LogP contribution in [0.5, 0.6) is 0 Å². The molecule has 0 aliphatic rings. The van der Waals surface area contributed by atoms with Gasteiger partial charge in [-0.25, -0.2) is 0 Å². The number of para-hydroxylation sites is 1. The molecule has 0 saturated heterocycles. The number of hydrogen-bond donors (Lipinski definition) is 2. The van der Waals surface area contributed by atoms with E-state index in [2.05, 4.69) is 53.8 Å². The van der Waals surface area contributed by atoms with E-state index in [4.69, 9.17) is 0 Å². The second kappa shape index (κ2) is 16.8. The summed E-state index contributed by atoms with van der Waals surface area (Å²) in [6.07, 6.45) is 19.8. The summed E-state index contributed by atoms with van der Waals surface area (Å²) in [5.74, 6) is 0. The molecule has 2 nitrogen and oxygen atoms in total. The van der Waals surface area contributed by atoms with Gasteiger partial charge in [0, 0.05) is 11.4 Å². The molecule has 0 aromatic heterocycles. The smallest absolute Gasteiger partial charge is 0.0512 e. The molecular formula is C29H45NO. The Bertz CT molecular complexity index is 650. The van der Waals surface area contributed by atoms with Crippen LogP contribution in [0.15, 0.2) is 54.6 Å². The zero-order valence-corrected chi connectivity index (χ0v) is 19.8. The monoisotopic (exact) mass is 423 g/mol. The minimum absolute atomic E-state index is 0.116. The van der Waals surface area contributed by atoms with Crippen molar-refractivity contribution in [3.05, 3.63) is 60.2 Å². The van der Waals surface area contributed by atoms with Crippen molar-refractivity contribution in [3.8, 4) is 0 Å². The molecule has 0 fully saturated rings. The van der Waals surface area contributed by atoms with Crippen LogP contribution in [0.4, 0.5) is 11.4 Å². The number of aliphatic hydroxyl groups excluding tert-OH is 1. The van der Waals surface area contributed by atoms with Crippen molar-refractivity contribution in [3.63, 3.8) is 0 Å². The third kappa shape index (κ3) is 13.3. The highest BCUT2D eigenvalue weighted by molar-refractivity contribution is 5.59. The van der Waals surface area contributed by atoms with Crippen molar-refractivity contribution in [1.29, 1.82) is 0 Å². The third-order valence-corrected chi connectivity index (χ3v) is 6.10. The van der Waals surface area contributed by atoms with Crippen LogP contribution in [-0.4, -0.2) is 11.2 Å². The molecular weight excluding hydrogens is 378 g/mol. The molecule has 0 heterocycles. The number of hydrogen-bond acceptors (Lipinski definition) is 2. The van der Waals surface area contributed by atoms with E-state index in [1.807, 2.05) is 13.0 Å². The first-order valence-corrected chi connectivity index (χ1v) is 12.8.